The van der Waals surface area contributed by atoms with E-state index in [1.807, 2.05) is 43.3 Å². The SMILES string of the molecule is CCOc1ccc2ccc(O[C@H]3C[C@H]4CN(C(=O)O)C(Cc5nc(C(N)=O)cs5)[C@H]4C3)cc2c1. The molecule has 2 aromatic carbocycles. The molecule has 5 rings (SSSR count). The molecule has 2 fully saturated rings. The highest BCUT2D eigenvalue weighted by atomic mass is 32.1. The van der Waals surface area contributed by atoms with Crippen LogP contribution < -0.4 is 15.2 Å². The van der Waals surface area contributed by atoms with Gasteiger partial charge >= 0.3 is 6.09 Å². The fourth-order valence-corrected chi connectivity index (χ4v) is 6.24. The van der Waals surface area contributed by atoms with Crippen molar-refractivity contribution in [3.05, 3.63) is 52.5 Å². The maximum absolute atomic E-state index is 11.9. The van der Waals surface area contributed by atoms with Gasteiger partial charge in [-0.05, 0) is 66.6 Å². The number of fused-ring (bicyclic) bond motifs is 2. The number of ether oxygens (including phenoxy) is 2. The lowest BCUT2D eigenvalue weighted by Gasteiger charge is -2.26. The fraction of sp³-hybridized carbons (Fsp3) is 0.400. The predicted molar refractivity (Wildman–Crippen MR) is 129 cm³/mol. The fourth-order valence-electron chi connectivity index (χ4n) is 5.40. The Hall–Kier alpha value is -3.33. The number of nitrogens with two attached hydrogens (primary N) is 1. The summed E-state index contributed by atoms with van der Waals surface area (Å²) in [4.78, 5) is 29.1. The number of thiazole rings is 1. The van der Waals surface area contributed by atoms with Gasteiger partial charge in [0.1, 0.15) is 17.2 Å². The van der Waals surface area contributed by atoms with Crippen LogP contribution in [0.5, 0.6) is 11.5 Å². The molecular formula is C25H27N3O5S. The van der Waals surface area contributed by atoms with E-state index in [1.54, 1.807) is 5.38 Å². The van der Waals surface area contributed by atoms with Crippen LogP contribution in [0.3, 0.4) is 0 Å². The lowest BCUT2D eigenvalue weighted by Crippen LogP contribution is -2.39. The summed E-state index contributed by atoms with van der Waals surface area (Å²) >= 11 is 1.35. The summed E-state index contributed by atoms with van der Waals surface area (Å²) in [6.45, 7) is 3.07. The summed E-state index contributed by atoms with van der Waals surface area (Å²) < 4.78 is 12.0. The van der Waals surface area contributed by atoms with Gasteiger partial charge in [0.15, 0.2) is 0 Å². The Morgan fingerprint density at radius 1 is 1.18 bits per heavy atom. The van der Waals surface area contributed by atoms with E-state index in [4.69, 9.17) is 15.2 Å². The minimum atomic E-state index is -0.914. The standard InChI is InChI=1S/C25H27N3O5S/c1-2-32-17-5-3-14-4-6-18(8-15(14)7-17)33-19-9-16-12-28(25(30)31)22(20(16)10-19)11-23-27-21(13-34-23)24(26)29/h3-8,13,16,19-20,22H,2,9-12H2,1H3,(H2,26,29)(H,30,31)/t16-,19-,20-,22?/m0/s1. The third kappa shape index (κ3) is 4.40. The molecule has 3 aromatic rings. The number of rotatable bonds is 7. The molecular weight excluding hydrogens is 454 g/mol. The Morgan fingerprint density at radius 3 is 2.65 bits per heavy atom. The zero-order valence-electron chi connectivity index (χ0n) is 18.8. The Morgan fingerprint density at radius 2 is 1.94 bits per heavy atom. The van der Waals surface area contributed by atoms with Gasteiger partial charge in [-0.3, -0.25) is 4.79 Å². The van der Waals surface area contributed by atoms with Crippen molar-refractivity contribution in [1.82, 2.24) is 9.88 Å². The predicted octanol–water partition coefficient (Wildman–Crippen LogP) is 4.17. The first-order valence-electron chi connectivity index (χ1n) is 11.5. The average Bonchev–Trinajstić information content (AvgIpc) is 3.50. The monoisotopic (exact) mass is 481 g/mol. The van der Waals surface area contributed by atoms with Crippen molar-refractivity contribution < 1.29 is 24.2 Å². The normalized spacial score (nSPS) is 23.7. The highest BCUT2D eigenvalue weighted by Crippen LogP contribution is 2.45. The van der Waals surface area contributed by atoms with Gasteiger partial charge in [0.05, 0.1) is 17.7 Å². The van der Waals surface area contributed by atoms with E-state index >= 15 is 0 Å². The first-order chi connectivity index (χ1) is 16.4. The maximum atomic E-state index is 11.9. The molecule has 0 bridgehead atoms. The zero-order valence-corrected chi connectivity index (χ0v) is 19.7. The number of nitrogens with zero attached hydrogens (tertiary/aromatic N) is 2. The third-order valence-electron chi connectivity index (χ3n) is 6.86. The van der Waals surface area contributed by atoms with E-state index in [-0.39, 0.29) is 29.7 Å². The summed E-state index contributed by atoms with van der Waals surface area (Å²) in [5, 5.41) is 14.3. The van der Waals surface area contributed by atoms with Gasteiger partial charge in [0, 0.05) is 24.4 Å². The van der Waals surface area contributed by atoms with Gasteiger partial charge in [0.25, 0.3) is 5.91 Å². The molecule has 1 unspecified atom stereocenters. The zero-order chi connectivity index (χ0) is 23.8. The number of carbonyl (C=O) groups excluding carboxylic acids is 1. The summed E-state index contributed by atoms with van der Waals surface area (Å²) in [7, 11) is 0. The van der Waals surface area contributed by atoms with E-state index in [1.165, 1.54) is 16.2 Å². The number of hydrogen-bond donors (Lipinski definition) is 2. The lowest BCUT2D eigenvalue weighted by molar-refractivity contribution is 0.0995. The van der Waals surface area contributed by atoms with E-state index in [2.05, 4.69) is 4.98 Å². The van der Waals surface area contributed by atoms with E-state index in [0.29, 0.717) is 19.6 Å². The Kier molecular flexibility index (Phi) is 6.03. The van der Waals surface area contributed by atoms with Gasteiger partial charge in [-0.25, -0.2) is 9.78 Å². The molecule has 1 aromatic heterocycles. The van der Waals surface area contributed by atoms with Gasteiger partial charge < -0.3 is 25.2 Å². The number of hydrogen-bond acceptors (Lipinski definition) is 6. The first-order valence-corrected chi connectivity index (χ1v) is 12.4. The highest BCUT2D eigenvalue weighted by Gasteiger charge is 2.50. The van der Waals surface area contributed by atoms with Crippen LogP contribution in [-0.4, -0.2) is 52.3 Å². The van der Waals surface area contributed by atoms with Gasteiger partial charge in [-0.2, -0.15) is 0 Å². The molecule has 3 N–H and O–H groups in total. The van der Waals surface area contributed by atoms with Crippen molar-refractivity contribution >= 4 is 34.1 Å². The smallest absolute Gasteiger partial charge is 0.407 e. The van der Waals surface area contributed by atoms with Crippen LogP contribution in [0.1, 0.15) is 35.3 Å². The van der Waals surface area contributed by atoms with Crippen LogP contribution >= 0.6 is 11.3 Å². The molecule has 178 valence electrons. The molecule has 0 spiro atoms. The van der Waals surface area contributed by atoms with Gasteiger partial charge in [-0.1, -0.05) is 12.1 Å². The van der Waals surface area contributed by atoms with E-state index in [9.17, 15) is 14.7 Å². The summed E-state index contributed by atoms with van der Waals surface area (Å²) in [5.74, 6) is 1.50. The Balaban J connectivity index is 1.30. The molecule has 34 heavy (non-hydrogen) atoms. The van der Waals surface area contributed by atoms with Crippen molar-refractivity contribution in [2.45, 2.75) is 38.3 Å². The summed E-state index contributed by atoms with van der Waals surface area (Å²) in [5.41, 5.74) is 5.55. The topological polar surface area (TPSA) is 115 Å². The molecule has 1 saturated carbocycles. The van der Waals surface area contributed by atoms with Gasteiger partial charge in [-0.15, -0.1) is 11.3 Å². The van der Waals surface area contributed by atoms with Crippen LogP contribution in [0.2, 0.25) is 0 Å². The Labute approximate surface area is 201 Å². The Bertz CT molecular complexity index is 1230. The third-order valence-corrected chi connectivity index (χ3v) is 7.73. The lowest BCUT2D eigenvalue weighted by atomic mass is 9.92. The number of aromatic nitrogens is 1. The minimum absolute atomic E-state index is 0.0263. The number of primary amides is 1. The first kappa shape index (κ1) is 22.5. The molecule has 1 aliphatic heterocycles. The van der Waals surface area contributed by atoms with Crippen LogP contribution in [0.4, 0.5) is 4.79 Å². The second kappa shape index (κ2) is 9.13. The van der Waals surface area contributed by atoms with Gasteiger partial charge in [0.2, 0.25) is 0 Å². The van der Waals surface area contributed by atoms with Crippen molar-refractivity contribution in [2.75, 3.05) is 13.2 Å². The number of carboxylic acid groups (broad SMARTS) is 1. The molecule has 2 amide bonds. The molecule has 1 aliphatic carbocycles. The van der Waals surface area contributed by atoms with Crippen LogP contribution in [0, 0.1) is 11.8 Å². The van der Waals surface area contributed by atoms with Crippen molar-refractivity contribution in [2.24, 2.45) is 17.6 Å². The maximum Gasteiger partial charge on any atom is 0.407 e. The minimum Gasteiger partial charge on any atom is -0.494 e. The molecule has 2 heterocycles. The van der Waals surface area contributed by atoms with Crippen LogP contribution in [0.15, 0.2) is 41.8 Å². The van der Waals surface area contributed by atoms with Crippen LogP contribution in [0.25, 0.3) is 10.8 Å². The number of likely N-dealkylation sites (tertiary alicyclic amines) is 1. The van der Waals surface area contributed by atoms with Crippen molar-refractivity contribution in [3.63, 3.8) is 0 Å². The van der Waals surface area contributed by atoms with Crippen molar-refractivity contribution in [3.8, 4) is 11.5 Å². The molecule has 1 saturated heterocycles. The molecule has 4 atom stereocenters. The average molecular weight is 482 g/mol. The summed E-state index contributed by atoms with van der Waals surface area (Å²) in [6.07, 6.45) is 1.19. The molecule has 0 radical (unpaired) electrons. The number of carbonyl (C=O) groups is 2. The quantitative estimate of drug-likeness (QED) is 0.523. The number of amides is 2. The van der Waals surface area contributed by atoms with Crippen molar-refractivity contribution in [1.29, 1.82) is 0 Å². The number of benzene rings is 2. The molecule has 9 heteroatoms. The molecule has 8 nitrogen and oxygen atoms in total. The van der Waals surface area contributed by atoms with E-state index in [0.717, 1.165) is 40.1 Å². The highest BCUT2D eigenvalue weighted by molar-refractivity contribution is 7.09. The molecule has 2 aliphatic rings. The summed E-state index contributed by atoms with van der Waals surface area (Å²) in [6, 6.07) is 11.9. The van der Waals surface area contributed by atoms with E-state index < -0.39 is 12.0 Å². The second-order valence-electron chi connectivity index (χ2n) is 8.94. The van der Waals surface area contributed by atoms with Crippen LogP contribution in [-0.2, 0) is 6.42 Å². The second-order valence-corrected chi connectivity index (χ2v) is 9.88. The largest absolute Gasteiger partial charge is 0.494 e.